The van der Waals surface area contributed by atoms with Gasteiger partial charge >= 0.3 is 6.03 Å². The molecule has 9 heteroatoms. The van der Waals surface area contributed by atoms with Crippen LogP contribution in [0.25, 0.3) is 15.7 Å². The zero-order valence-corrected chi connectivity index (χ0v) is 18.6. The lowest BCUT2D eigenvalue weighted by molar-refractivity contribution is -0.118. The highest BCUT2D eigenvalue weighted by Gasteiger charge is 2.46. The summed E-state index contributed by atoms with van der Waals surface area (Å²) in [6.45, 7) is 0. The number of nitrogens with zero attached hydrogens (tertiary/aromatic N) is 3. The summed E-state index contributed by atoms with van der Waals surface area (Å²) in [4.78, 5) is 32.7. The van der Waals surface area contributed by atoms with Crippen molar-refractivity contribution in [2.75, 3.05) is 19.1 Å². The molecule has 2 aromatic carbocycles. The Morgan fingerprint density at radius 3 is 2.61 bits per heavy atom. The Kier molecular flexibility index (Phi) is 5.15. The van der Waals surface area contributed by atoms with Crippen molar-refractivity contribution in [3.63, 3.8) is 0 Å². The monoisotopic (exact) mass is 458 g/mol. The minimum atomic E-state index is -0.573. The molecule has 0 radical (unpaired) electrons. The van der Waals surface area contributed by atoms with Crippen LogP contribution < -0.4 is 19.7 Å². The summed E-state index contributed by atoms with van der Waals surface area (Å²) in [5, 5.41) is 13.3. The van der Waals surface area contributed by atoms with E-state index in [1.807, 2.05) is 12.1 Å². The lowest BCUT2D eigenvalue weighted by Gasteiger charge is -2.33. The summed E-state index contributed by atoms with van der Waals surface area (Å²) in [7, 11) is 3.11. The number of imide groups is 1. The number of hydrogen-bond acceptors (Lipinski definition) is 7. The van der Waals surface area contributed by atoms with E-state index in [9.17, 15) is 14.9 Å². The largest absolute Gasteiger partial charge is 0.497 e. The molecule has 8 nitrogen and oxygen atoms in total. The summed E-state index contributed by atoms with van der Waals surface area (Å²) in [6, 6.07) is 11.7. The fraction of sp³-hybridized carbons (Fsp3) is 0.167. The smallest absolute Gasteiger partial charge is 0.329 e. The molecule has 0 aliphatic carbocycles. The van der Waals surface area contributed by atoms with Crippen LogP contribution in [0, 0.1) is 11.3 Å². The Morgan fingerprint density at radius 2 is 1.85 bits per heavy atom. The van der Waals surface area contributed by atoms with E-state index >= 15 is 0 Å². The van der Waals surface area contributed by atoms with Crippen molar-refractivity contribution in [1.82, 2.24) is 10.3 Å². The Balaban J connectivity index is 1.52. The van der Waals surface area contributed by atoms with Gasteiger partial charge in [-0.15, -0.1) is 11.8 Å². The van der Waals surface area contributed by atoms with Crippen molar-refractivity contribution in [3.8, 4) is 17.6 Å². The quantitative estimate of drug-likeness (QED) is 0.636. The average molecular weight is 458 g/mol. The third-order valence-corrected chi connectivity index (χ3v) is 7.03. The number of methoxy groups -OCH3 is 2. The van der Waals surface area contributed by atoms with Crippen LogP contribution in [0.15, 0.2) is 54.9 Å². The third kappa shape index (κ3) is 3.45. The van der Waals surface area contributed by atoms with E-state index in [1.54, 1.807) is 50.7 Å². The van der Waals surface area contributed by atoms with Gasteiger partial charge in [-0.25, -0.2) is 9.69 Å². The van der Waals surface area contributed by atoms with Gasteiger partial charge in [0.25, 0.3) is 5.91 Å². The first-order chi connectivity index (χ1) is 16.0. The first-order valence-corrected chi connectivity index (χ1v) is 10.9. The summed E-state index contributed by atoms with van der Waals surface area (Å²) < 4.78 is 10.6. The molecular formula is C24H18N4O4S. The molecule has 2 atom stereocenters. The maximum absolute atomic E-state index is 13.5. The van der Waals surface area contributed by atoms with Crippen LogP contribution in [0.4, 0.5) is 10.5 Å². The number of amides is 3. The van der Waals surface area contributed by atoms with Gasteiger partial charge in [0, 0.05) is 27.4 Å². The minimum Gasteiger partial charge on any atom is -0.497 e. The van der Waals surface area contributed by atoms with Gasteiger partial charge < -0.3 is 14.8 Å². The van der Waals surface area contributed by atoms with E-state index in [1.165, 1.54) is 18.0 Å². The number of hydrogen-bond donors (Lipinski definition) is 1. The molecule has 5 rings (SSSR count). The number of aromatic nitrogens is 1. The van der Waals surface area contributed by atoms with Crippen LogP contribution in [0.5, 0.6) is 11.5 Å². The molecular weight excluding hydrogens is 440 g/mol. The topological polar surface area (TPSA) is 105 Å². The lowest BCUT2D eigenvalue weighted by Crippen LogP contribution is -2.60. The molecule has 1 fully saturated rings. The van der Waals surface area contributed by atoms with E-state index in [0.29, 0.717) is 33.7 Å². The molecule has 2 unspecified atom stereocenters. The highest BCUT2D eigenvalue weighted by molar-refractivity contribution is 8.09. The Morgan fingerprint density at radius 1 is 1.09 bits per heavy atom. The number of thioether (sulfide) groups is 1. The van der Waals surface area contributed by atoms with Crippen molar-refractivity contribution in [2.45, 2.75) is 11.3 Å². The second-order valence-electron chi connectivity index (χ2n) is 7.49. The number of anilines is 1. The number of carbonyl (C=O) groups excluding carboxylic acids is 2. The molecule has 3 aromatic rings. The van der Waals surface area contributed by atoms with Gasteiger partial charge in [-0.1, -0.05) is 0 Å². The average Bonchev–Trinajstić information content (AvgIpc) is 3.27. The molecule has 164 valence electrons. The SMILES string of the molecule is COc1ccc(C#N)c(C2=CC3NC(=O)N(c4cncc5ccc(OC)cc45)C(=O)C3S2)c1. The van der Waals surface area contributed by atoms with Gasteiger partial charge in [0.05, 0.1) is 43.8 Å². The van der Waals surface area contributed by atoms with E-state index in [-0.39, 0.29) is 5.91 Å². The Bertz CT molecular complexity index is 1380. The van der Waals surface area contributed by atoms with Crippen LogP contribution in [0.1, 0.15) is 11.1 Å². The first-order valence-electron chi connectivity index (χ1n) is 10.1. The molecule has 0 saturated carbocycles. The fourth-order valence-corrected chi connectivity index (χ4v) is 5.32. The van der Waals surface area contributed by atoms with Crippen molar-refractivity contribution in [2.24, 2.45) is 0 Å². The van der Waals surface area contributed by atoms with Crippen LogP contribution >= 0.6 is 11.8 Å². The summed E-state index contributed by atoms with van der Waals surface area (Å²) in [5.74, 6) is 0.866. The number of nitriles is 1. The molecule has 3 heterocycles. The summed E-state index contributed by atoms with van der Waals surface area (Å²) in [6.07, 6.45) is 5.00. The first kappa shape index (κ1) is 20.8. The van der Waals surface area contributed by atoms with Crippen molar-refractivity contribution < 1.29 is 19.1 Å². The van der Waals surface area contributed by atoms with Gasteiger partial charge in [0.2, 0.25) is 0 Å². The molecule has 0 spiro atoms. The standard InChI is InChI=1S/C24H18N4O4S/c1-31-15-6-4-14-11-26-12-20(17(14)7-15)28-23(29)22-19(27-24(28)30)9-21(33-22)18-8-16(32-2)5-3-13(18)10-25/h3-9,11-12,19,22H,1-2H3,(H,27,30). The molecule has 1 aromatic heterocycles. The number of nitrogens with one attached hydrogen (secondary N) is 1. The van der Waals surface area contributed by atoms with Gasteiger partial charge in [-0.05, 0) is 42.5 Å². The number of pyridine rings is 1. The highest BCUT2D eigenvalue weighted by Crippen LogP contribution is 2.44. The Hall–Kier alpha value is -4.03. The van der Waals surface area contributed by atoms with Gasteiger partial charge in [0.15, 0.2) is 0 Å². The second-order valence-corrected chi connectivity index (χ2v) is 8.67. The van der Waals surface area contributed by atoms with Gasteiger partial charge in [-0.3, -0.25) is 9.78 Å². The summed E-state index contributed by atoms with van der Waals surface area (Å²) >= 11 is 1.32. The number of carbonyl (C=O) groups is 2. The minimum absolute atomic E-state index is 0.349. The molecule has 3 amide bonds. The zero-order valence-electron chi connectivity index (χ0n) is 17.7. The maximum Gasteiger partial charge on any atom is 0.329 e. The van der Waals surface area contributed by atoms with E-state index in [2.05, 4.69) is 16.4 Å². The predicted octanol–water partition coefficient (Wildman–Crippen LogP) is 3.70. The normalized spacial score (nSPS) is 19.5. The lowest BCUT2D eigenvalue weighted by atomic mass is 10.0. The third-order valence-electron chi connectivity index (χ3n) is 5.67. The van der Waals surface area contributed by atoms with Crippen LogP contribution in [0.3, 0.4) is 0 Å². The molecule has 33 heavy (non-hydrogen) atoms. The van der Waals surface area contributed by atoms with Crippen LogP contribution in [0.2, 0.25) is 0 Å². The van der Waals surface area contributed by atoms with E-state index < -0.39 is 17.3 Å². The second kappa shape index (κ2) is 8.15. The predicted molar refractivity (Wildman–Crippen MR) is 125 cm³/mol. The molecule has 0 bridgehead atoms. The van der Waals surface area contributed by atoms with Crippen molar-refractivity contribution >= 4 is 45.1 Å². The number of benzene rings is 2. The molecule has 2 aliphatic rings. The van der Waals surface area contributed by atoms with E-state index in [0.717, 1.165) is 15.2 Å². The number of ether oxygens (including phenoxy) is 2. The van der Waals surface area contributed by atoms with Crippen molar-refractivity contribution in [1.29, 1.82) is 5.26 Å². The fourth-order valence-electron chi connectivity index (χ4n) is 4.02. The number of rotatable bonds is 4. The highest BCUT2D eigenvalue weighted by atomic mass is 32.2. The van der Waals surface area contributed by atoms with Crippen LogP contribution in [-0.2, 0) is 4.79 Å². The number of urea groups is 1. The molecule has 1 N–H and O–H groups in total. The Labute approximate surface area is 193 Å². The van der Waals surface area contributed by atoms with Crippen LogP contribution in [-0.4, -0.2) is 42.4 Å². The van der Waals surface area contributed by atoms with Gasteiger partial charge in [0.1, 0.15) is 16.7 Å². The van der Waals surface area contributed by atoms with Gasteiger partial charge in [-0.2, -0.15) is 5.26 Å². The van der Waals surface area contributed by atoms with Crippen molar-refractivity contribution in [3.05, 3.63) is 66.0 Å². The maximum atomic E-state index is 13.5. The molecule has 1 saturated heterocycles. The number of fused-ring (bicyclic) bond motifs is 2. The van der Waals surface area contributed by atoms with E-state index in [4.69, 9.17) is 9.47 Å². The summed E-state index contributed by atoms with van der Waals surface area (Å²) in [5.41, 5.74) is 1.52. The zero-order chi connectivity index (χ0) is 23.1. The molecule has 2 aliphatic heterocycles.